The van der Waals surface area contributed by atoms with Crippen LogP contribution in [-0.4, -0.2) is 41.1 Å². The third kappa shape index (κ3) is 5.99. The Labute approximate surface area is 191 Å². The summed E-state index contributed by atoms with van der Waals surface area (Å²) in [6.45, 7) is 4.13. The van der Waals surface area contributed by atoms with Crippen molar-refractivity contribution in [3.63, 3.8) is 0 Å². The lowest BCUT2D eigenvalue weighted by molar-refractivity contribution is 0.496. The van der Waals surface area contributed by atoms with Crippen LogP contribution >= 0.6 is 22.9 Å². The van der Waals surface area contributed by atoms with E-state index in [2.05, 4.69) is 21.0 Å². The minimum Gasteiger partial charge on any atom is -0.447 e. The molecule has 1 aromatic heterocycles. The van der Waals surface area contributed by atoms with Gasteiger partial charge in [0.05, 0.1) is 0 Å². The quantitative estimate of drug-likeness (QED) is 0.510. The summed E-state index contributed by atoms with van der Waals surface area (Å²) in [5.41, 5.74) is 2.12. The van der Waals surface area contributed by atoms with Crippen LogP contribution in [0.4, 0.5) is 5.69 Å². The highest BCUT2D eigenvalue weighted by Crippen LogP contribution is 2.33. The van der Waals surface area contributed by atoms with Gasteiger partial charge in [0, 0.05) is 49.5 Å². The van der Waals surface area contributed by atoms with Crippen molar-refractivity contribution >= 4 is 38.6 Å². The van der Waals surface area contributed by atoms with E-state index in [0.717, 1.165) is 48.8 Å². The first-order chi connectivity index (χ1) is 15.0. The van der Waals surface area contributed by atoms with Crippen LogP contribution in [0, 0.1) is 0 Å². The van der Waals surface area contributed by atoms with Crippen LogP contribution < -0.4 is 19.7 Å². The maximum Gasteiger partial charge on any atom is 0.250 e. The fraction of sp³-hybridized carbons (Fsp3) is 0.273. The van der Waals surface area contributed by atoms with E-state index in [4.69, 9.17) is 16.3 Å². The Hall–Kier alpha value is -2.10. The zero-order valence-electron chi connectivity index (χ0n) is 16.9. The molecular formula is C22H24ClN3O3S2. The molecule has 2 N–H and O–H groups in total. The fourth-order valence-electron chi connectivity index (χ4n) is 3.34. The number of ether oxygens (including phenoxy) is 1. The molecule has 1 aliphatic rings. The highest BCUT2D eigenvalue weighted by atomic mass is 35.5. The first-order valence-electron chi connectivity index (χ1n) is 10.1. The molecule has 0 unspecified atom stereocenters. The molecule has 3 aromatic rings. The first kappa shape index (κ1) is 22.1. The second-order valence-electron chi connectivity index (χ2n) is 7.18. The Balaban J connectivity index is 1.36. The summed E-state index contributed by atoms with van der Waals surface area (Å²) in [6.07, 6.45) is 0.587. The number of rotatable bonds is 8. The molecule has 4 rings (SSSR count). The third-order valence-corrected chi connectivity index (χ3v) is 8.13. The SMILES string of the molecule is O=S(=O)(NCCc1ccc(Cl)cc1)c1ccc(Oc2cccc(N3CCNCC3)c2)s1. The van der Waals surface area contributed by atoms with Crippen LogP contribution in [0.25, 0.3) is 0 Å². The average molecular weight is 478 g/mol. The normalized spacial score (nSPS) is 14.5. The van der Waals surface area contributed by atoms with Crippen molar-refractivity contribution in [1.29, 1.82) is 0 Å². The summed E-state index contributed by atoms with van der Waals surface area (Å²) in [7, 11) is -3.59. The molecule has 9 heteroatoms. The zero-order valence-corrected chi connectivity index (χ0v) is 19.3. The number of nitrogens with zero attached hydrogens (tertiary/aromatic N) is 1. The number of benzene rings is 2. The van der Waals surface area contributed by atoms with Gasteiger partial charge in [-0.15, -0.1) is 0 Å². The van der Waals surface area contributed by atoms with Crippen LogP contribution in [-0.2, 0) is 16.4 Å². The molecule has 0 radical (unpaired) electrons. The fourth-order valence-corrected chi connectivity index (χ4v) is 5.69. The van der Waals surface area contributed by atoms with Gasteiger partial charge >= 0.3 is 0 Å². The summed E-state index contributed by atoms with van der Waals surface area (Å²) < 4.78 is 34.1. The van der Waals surface area contributed by atoms with Crippen molar-refractivity contribution < 1.29 is 13.2 Å². The van der Waals surface area contributed by atoms with Crippen molar-refractivity contribution in [1.82, 2.24) is 10.0 Å². The molecule has 0 spiro atoms. The Kier molecular flexibility index (Phi) is 7.14. The van der Waals surface area contributed by atoms with Crippen LogP contribution in [0.3, 0.4) is 0 Å². The van der Waals surface area contributed by atoms with E-state index in [-0.39, 0.29) is 4.21 Å². The van der Waals surface area contributed by atoms with Gasteiger partial charge < -0.3 is 15.0 Å². The molecule has 0 atom stereocenters. The van der Waals surface area contributed by atoms with Gasteiger partial charge in [-0.1, -0.05) is 41.1 Å². The molecular weight excluding hydrogens is 454 g/mol. The summed E-state index contributed by atoms with van der Waals surface area (Å²) in [6, 6.07) is 18.5. The predicted molar refractivity (Wildman–Crippen MR) is 126 cm³/mol. The van der Waals surface area contributed by atoms with Gasteiger partial charge in [0.25, 0.3) is 0 Å². The minimum atomic E-state index is -3.59. The number of hydrogen-bond donors (Lipinski definition) is 2. The largest absolute Gasteiger partial charge is 0.447 e. The molecule has 2 heterocycles. The smallest absolute Gasteiger partial charge is 0.250 e. The molecule has 0 bridgehead atoms. The van der Waals surface area contributed by atoms with E-state index in [0.29, 0.717) is 28.8 Å². The van der Waals surface area contributed by atoms with Gasteiger partial charge in [-0.05, 0) is 48.4 Å². The van der Waals surface area contributed by atoms with Crippen molar-refractivity contribution in [2.75, 3.05) is 37.6 Å². The van der Waals surface area contributed by atoms with E-state index in [1.54, 1.807) is 24.3 Å². The molecule has 1 fully saturated rings. The summed E-state index contributed by atoms with van der Waals surface area (Å²) in [5, 5.41) is 4.54. The minimum absolute atomic E-state index is 0.233. The molecule has 6 nitrogen and oxygen atoms in total. The number of anilines is 1. The van der Waals surface area contributed by atoms with Crippen LogP contribution in [0.15, 0.2) is 64.9 Å². The Morgan fingerprint density at radius 3 is 2.61 bits per heavy atom. The Bertz CT molecular complexity index is 1110. The van der Waals surface area contributed by atoms with Crippen molar-refractivity contribution in [2.45, 2.75) is 10.6 Å². The van der Waals surface area contributed by atoms with Gasteiger partial charge in [-0.3, -0.25) is 0 Å². The zero-order chi connectivity index (χ0) is 21.7. The number of thiophene rings is 1. The Morgan fingerprint density at radius 1 is 1.06 bits per heavy atom. The number of nitrogens with one attached hydrogen (secondary N) is 2. The van der Waals surface area contributed by atoms with Crippen molar-refractivity contribution in [3.05, 3.63) is 71.2 Å². The van der Waals surface area contributed by atoms with Gasteiger partial charge in [0.2, 0.25) is 10.0 Å². The molecule has 0 aliphatic carbocycles. The summed E-state index contributed by atoms with van der Waals surface area (Å²) >= 11 is 6.99. The van der Waals surface area contributed by atoms with Crippen LogP contribution in [0.1, 0.15) is 5.56 Å². The average Bonchev–Trinajstić information content (AvgIpc) is 3.25. The molecule has 1 aliphatic heterocycles. The van der Waals surface area contributed by atoms with Crippen LogP contribution in [0.2, 0.25) is 5.02 Å². The maximum atomic E-state index is 12.6. The number of hydrogen-bond acceptors (Lipinski definition) is 6. The van der Waals surface area contributed by atoms with E-state index in [1.165, 1.54) is 0 Å². The molecule has 164 valence electrons. The van der Waals surface area contributed by atoms with Crippen LogP contribution in [0.5, 0.6) is 10.8 Å². The topological polar surface area (TPSA) is 70.7 Å². The standard InChI is InChI=1S/C22H24ClN3O3S2/c23-18-6-4-17(5-7-18)10-11-25-31(27,28)22-9-8-21(30-22)29-20-3-1-2-19(16-20)26-14-12-24-13-15-26/h1-9,16,24-25H,10-15H2. The highest BCUT2D eigenvalue weighted by Gasteiger charge is 2.18. The highest BCUT2D eigenvalue weighted by molar-refractivity contribution is 7.91. The predicted octanol–water partition coefficient (Wildman–Crippen LogP) is 4.12. The van der Waals surface area contributed by atoms with E-state index in [9.17, 15) is 8.42 Å². The van der Waals surface area contributed by atoms with Gasteiger partial charge in [0.15, 0.2) is 5.06 Å². The molecule has 2 aromatic carbocycles. The van der Waals surface area contributed by atoms with Crippen molar-refractivity contribution in [3.8, 4) is 10.8 Å². The van der Waals surface area contributed by atoms with Gasteiger partial charge in [-0.25, -0.2) is 13.1 Å². The second kappa shape index (κ2) is 10.0. The second-order valence-corrected chi connectivity index (χ2v) is 10.7. The lowest BCUT2D eigenvalue weighted by Gasteiger charge is -2.29. The lowest BCUT2D eigenvalue weighted by atomic mass is 10.2. The van der Waals surface area contributed by atoms with E-state index in [1.807, 2.05) is 30.3 Å². The molecule has 0 amide bonds. The lowest BCUT2D eigenvalue weighted by Crippen LogP contribution is -2.43. The molecule has 31 heavy (non-hydrogen) atoms. The van der Waals surface area contributed by atoms with Gasteiger partial charge in [0.1, 0.15) is 9.96 Å². The molecule has 0 saturated carbocycles. The number of sulfonamides is 1. The molecule has 1 saturated heterocycles. The third-order valence-electron chi connectivity index (χ3n) is 4.96. The van der Waals surface area contributed by atoms with E-state index >= 15 is 0 Å². The Morgan fingerprint density at radius 2 is 1.84 bits per heavy atom. The maximum absolute atomic E-state index is 12.6. The number of piperazine rings is 1. The summed E-state index contributed by atoms with van der Waals surface area (Å²) in [4.78, 5) is 2.30. The van der Waals surface area contributed by atoms with E-state index < -0.39 is 10.0 Å². The summed E-state index contributed by atoms with van der Waals surface area (Å²) in [5.74, 6) is 0.692. The van der Waals surface area contributed by atoms with Gasteiger partial charge in [-0.2, -0.15) is 0 Å². The first-order valence-corrected chi connectivity index (χ1v) is 12.7. The monoisotopic (exact) mass is 477 g/mol. The number of halogens is 1. The van der Waals surface area contributed by atoms with Crippen molar-refractivity contribution in [2.24, 2.45) is 0 Å².